The number of ether oxygens (including phenoxy) is 2. The van der Waals surface area contributed by atoms with Crippen LogP contribution in [-0.2, 0) is 32.2 Å². The number of likely N-dealkylation sites (N-methyl/N-ethyl adjacent to an activating group) is 2. The van der Waals surface area contributed by atoms with E-state index in [1.165, 1.54) is 11.1 Å². The first kappa shape index (κ1) is 27.0. The number of hydrogen-bond acceptors (Lipinski definition) is 4. The Kier molecular flexibility index (Phi) is 9.78. The molecule has 0 N–H and O–H groups in total. The predicted octanol–water partition coefficient (Wildman–Crippen LogP) is 3.91. The minimum atomic E-state index is -0.944. The number of esters is 2. The van der Waals surface area contributed by atoms with Crippen molar-refractivity contribution in [3.8, 4) is 0 Å². The second kappa shape index (κ2) is 12.3. The summed E-state index contributed by atoms with van der Waals surface area (Å²) in [6, 6.07) is 16.4. The van der Waals surface area contributed by atoms with Crippen LogP contribution in [-0.4, -0.2) is 75.4 Å². The second-order valence-electron chi connectivity index (χ2n) is 9.80. The predicted molar refractivity (Wildman–Crippen MR) is 136 cm³/mol. The summed E-state index contributed by atoms with van der Waals surface area (Å²) >= 11 is 0. The van der Waals surface area contributed by atoms with Gasteiger partial charge in [0, 0.05) is 11.1 Å². The van der Waals surface area contributed by atoms with Gasteiger partial charge in [-0.05, 0) is 11.1 Å². The molecule has 2 rings (SSSR count). The van der Waals surface area contributed by atoms with Crippen LogP contribution in [0.5, 0.6) is 0 Å². The molecule has 0 bridgehead atoms. The van der Waals surface area contributed by atoms with Gasteiger partial charge in [0.2, 0.25) is 0 Å². The van der Waals surface area contributed by atoms with Crippen molar-refractivity contribution < 1.29 is 28.0 Å². The lowest BCUT2D eigenvalue weighted by Crippen LogP contribution is -2.43. The van der Waals surface area contributed by atoms with E-state index in [1.807, 2.05) is 36.4 Å². The van der Waals surface area contributed by atoms with E-state index in [1.54, 1.807) is 0 Å². The zero-order chi connectivity index (χ0) is 25.2. The number of nitrogens with zero attached hydrogens (tertiary/aromatic N) is 2. The van der Waals surface area contributed by atoms with Crippen molar-refractivity contribution >= 4 is 24.1 Å². The van der Waals surface area contributed by atoms with E-state index < -0.39 is 11.9 Å². The van der Waals surface area contributed by atoms with E-state index >= 15 is 0 Å². The van der Waals surface area contributed by atoms with Crippen molar-refractivity contribution in [1.82, 2.24) is 0 Å². The molecule has 0 aliphatic heterocycles. The third-order valence-electron chi connectivity index (χ3n) is 5.68. The molecule has 2 aromatic rings. The summed E-state index contributed by atoms with van der Waals surface area (Å²) < 4.78 is 11.6. The minimum absolute atomic E-state index is 0.147. The van der Waals surface area contributed by atoms with Gasteiger partial charge in [0.05, 0.1) is 28.2 Å². The quantitative estimate of drug-likeness (QED) is 0.270. The largest absolute Gasteiger partial charge is 0.451 e. The number of carbonyl (C=O) groups excluding carboxylic acids is 2. The third-order valence-corrected chi connectivity index (χ3v) is 5.68. The fourth-order valence-corrected chi connectivity index (χ4v) is 3.55. The molecule has 0 heterocycles. The van der Waals surface area contributed by atoms with E-state index in [0.29, 0.717) is 22.1 Å². The van der Waals surface area contributed by atoms with Gasteiger partial charge in [0.25, 0.3) is 0 Å². The molecule has 0 spiro atoms. The molecule has 0 unspecified atom stereocenters. The van der Waals surface area contributed by atoms with Crippen molar-refractivity contribution in [2.75, 3.05) is 54.5 Å². The fourth-order valence-electron chi connectivity index (χ4n) is 3.55. The molecule has 2 aromatic carbocycles. The molecule has 0 amide bonds. The van der Waals surface area contributed by atoms with Gasteiger partial charge in [0.1, 0.15) is 39.4 Å². The van der Waals surface area contributed by atoms with E-state index in [9.17, 15) is 9.59 Å². The highest BCUT2D eigenvalue weighted by Gasteiger charge is 2.23. The monoisotopic (exact) mass is 466 g/mol. The molecular weight excluding hydrogens is 428 g/mol. The lowest BCUT2D eigenvalue weighted by Gasteiger charge is -2.30. The van der Waals surface area contributed by atoms with Crippen LogP contribution in [0, 0.1) is 0 Å². The van der Waals surface area contributed by atoms with Crippen LogP contribution < -0.4 is 0 Å². The summed E-state index contributed by atoms with van der Waals surface area (Å²) in [6.07, 6.45) is 3.62. The molecule has 0 fully saturated rings. The number of rotatable bonds is 12. The van der Waals surface area contributed by atoms with Crippen LogP contribution in [0.25, 0.3) is 12.2 Å². The van der Waals surface area contributed by atoms with Gasteiger partial charge in [-0.2, -0.15) is 0 Å². The van der Waals surface area contributed by atoms with Gasteiger partial charge in [-0.15, -0.1) is 0 Å². The van der Waals surface area contributed by atoms with Crippen molar-refractivity contribution in [3.63, 3.8) is 0 Å². The molecule has 0 atom stereocenters. The van der Waals surface area contributed by atoms with Crippen LogP contribution in [0.1, 0.15) is 22.3 Å². The van der Waals surface area contributed by atoms with Gasteiger partial charge < -0.3 is 18.4 Å². The van der Waals surface area contributed by atoms with Crippen molar-refractivity contribution in [1.29, 1.82) is 0 Å². The maximum Gasteiger partial charge on any atom is 0.417 e. The normalized spacial score (nSPS) is 11.5. The molecule has 0 aliphatic carbocycles. The summed E-state index contributed by atoms with van der Waals surface area (Å²) in [4.78, 5) is 24.1. The minimum Gasteiger partial charge on any atom is -0.451 e. The molecule has 182 valence electrons. The maximum atomic E-state index is 12.0. The second-order valence-corrected chi connectivity index (χ2v) is 9.80. The van der Waals surface area contributed by atoms with Crippen LogP contribution in [0.2, 0.25) is 0 Å². The van der Waals surface area contributed by atoms with Crippen molar-refractivity contribution in [3.05, 3.63) is 83.9 Å². The average molecular weight is 467 g/mol. The number of carbonyl (C=O) groups is 2. The third kappa shape index (κ3) is 9.33. The van der Waals surface area contributed by atoms with Gasteiger partial charge in [-0.3, -0.25) is 0 Å². The van der Waals surface area contributed by atoms with Crippen LogP contribution in [0.4, 0.5) is 0 Å². The molecule has 6 nitrogen and oxygen atoms in total. The van der Waals surface area contributed by atoms with Gasteiger partial charge in [-0.1, -0.05) is 73.8 Å². The van der Waals surface area contributed by atoms with Crippen LogP contribution >= 0.6 is 0 Å². The van der Waals surface area contributed by atoms with E-state index in [2.05, 4.69) is 65.6 Å². The average Bonchev–Trinajstić information content (AvgIpc) is 2.79. The first-order valence-corrected chi connectivity index (χ1v) is 11.4. The standard InChI is InChI=1S/C28H38N2O4/c1-7-23-9-13-25(14-10-23)21-29(3,4)17-19-33-27(31)28(32)34-20-18-30(5,6)22-26-15-11-24(8-2)12-16-26/h7-16H,1-2,17-22H2,3-6H3/q+2. The first-order valence-electron chi connectivity index (χ1n) is 11.4. The first-order chi connectivity index (χ1) is 16.0. The highest BCUT2D eigenvalue weighted by molar-refractivity contribution is 6.29. The maximum absolute atomic E-state index is 12.0. The highest BCUT2D eigenvalue weighted by Crippen LogP contribution is 2.13. The van der Waals surface area contributed by atoms with Gasteiger partial charge in [-0.25, -0.2) is 9.59 Å². The molecule has 0 saturated heterocycles. The van der Waals surface area contributed by atoms with Gasteiger partial charge >= 0.3 is 11.9 Å². The molecule has 0 radical (unpaired) electrons. The van der Waals surface area contributed by atoms with E-state index in [0.717, 1.165) is 24.2 Å². The molecule has 0 aromatic heterocycles. The molecule has 34 heavy (non-hydrogen) atoms. The zero-order valence-electron chi connectivity index (χ0n) is 21.0. The molecule has 6 heteroatoms. The Labute approximate surface area is 203 Å². The Morgan fingerprint density at radius 1 is 0.676 bits per heavy atom. The topological polar surface area (TPSA) is 52.6 Å². The SMILES string of the molecule is C=Cc1ccc(C[N+](C)(C)CCOC(=O)C(=O)OCC[N+](C)(C)Cc2ccc(C=C)cc2)cc1. The molecule has 0 aliphatic rings. The number of hydrogen-bond donors (Lipinski definition) is 0. The van der Waals surface area contributed by atoms with E-state index in [4.69, 9.17) is 9.47 Å². The lowest BCUT2D eigenvalue weighted by molar-refractivity contribution is -0.903. The Bertz CT molecular complexity index is 895. The Hall–Kier alpha value is -3.22. The summed E-state index contributed by atoms with van der Waals surface area (Å²) in [5.74, 6) is -1.89. The Balaban J connectivity index is 1.70. The Morgan fingerprint density at radius 2 is 1.00 bits per heavy atom. The van der Waals surface area contributed by atoms with E-state index in [-0.39, 0.29) is 13.2 Å². The molecular formula is C28H38N2O4+2. The zero-order valence-corrected chi connectivity index (χ0v) is 21.0. The van der Waals surface area contributed by atoms with Crippen molar-refractivity contribution in [2.45, 2.75) is 13.1 Å². The molecule has 0 saturated carbocycles. The number of benzene rings is 2. The number of quaternary nitrogens is 2. The van der Waals surface area contributed by atoms with Crippen LogP contribution in [0.15, 0.2) is 61.7 Å². The van der Waals surface area contributed by atoms with Crippen molar-refractivity contribution in [2.24, 2.45) is 0 Å². The smallest absolute Gasteiger partial charge is 0.417 e. The summed E-state index contributed by atoms with van der Waals surface area (Å²) in [7, 11) is 8.22. The van der Waals surface area contributed by atoms with Gasteiger partial charge in [0.15, 0.2) is 0 Å². The summed E-state index contributed by atoms with van der Waals surface area (Å²) in [6.45, 7) is 10.5. The summed E-state index contributed by atoms with van der Waals surface area (Å²) in [5, 5.41) is 0. The summed E-state index contributed by atoms with van der Waals surface area (Å²) in [5.41, 5.74) is 4.51. The Morgan fingerprint density at radius 3 is 1.29 bits per heavy atom. The highest BCUT2D eigenvalue weighted by atomic mass is 16.6. The van der Waals surface area contributed by atoms with Crippen LogP contribution in [0.3, 0.4) is 0 Å². The lowest BCUT2D eigenvalue weighted by atomic mass is 10.1. The fraction of sp³-hybridized carbons (Fsp3) is 0.357.